The second kappa shape index (κ2) is 6.14. The van der Waals surface area contributed by atoms with E-state index in [1.807, 2.05) is 0 Å². The summed E-state index contributed by atoms with van der Waals surface area (Å²) in [4.78, 5) is 17.8. The van der Waals surface area contributed by atoms with E-state index in [2.05, 4.69) is 9.97 Å². The summed E-state index contributed by atoms with van der Waals surface area (Å²) < 4.78 is 5.52. The molecule has 5 N–H and O–H groups in total. The summed E-state index contributed by atoms with van der Waals surface area (Å²) in [5.41, 5.74) is 11.5. The second-order valence-electron chi connectivity index (χ2n) is 3.74. The minimum atomic E-state index is -0.255. The van der Waals surface area contributed by atoms with Gasteiger partial charge in [-0.1, -0.05) is 11.8 Å². The van der Waals surface area contributed by atoms with Crippen molar-refractivity contribution < 1.29 is 4.74 Å². The van der Waals surface area contributed by atoms with Gasteiger partial charge >= 0.3 is 0 Å². The Hall–Kier alpha value is -2.15. The number of nitrogen functional groups attached to an aromatic ring is 2. The Morgan fingerprint density at radius 2 is 2.00 bits per heavy atom. The van der Waals surface area contributed by atoms with E-state index in [0.717, 1.165) is 5.75 Å². The highest BCUT2D eigenvalue weighted by atomic mass is 32.2. The lowest BCUT2D eigenvalue weighted by Gasteiger charge is -2.06. The molecule has 2 rings (SSSR count). The van der Waals surface area contributed by atoms with Gasteiger partial charge in [0.1, 0.15) is 11.6 Å². The number of nitrogens with zero attached hydrogens (tertiary/aromatic N) is 1. The van der Waals surface area contributed by atoms with Gasteiger partial charge < -0.3 is 21.2 Å². The number of anilines is 2. The van der Waals surface area contributed by atoms with Crippen molar-refractivity contribution in [1.29, 1.82) is 0 Å². The van der Waals surface area contributed by atoms with Crippen molar-refractivity contribution >= 4 is 23.3 Å². The lowest BCUT2D eigenvalue weighted by Crippen LogP contribution is -2.10. The standard InChI is InChI=1S/C12H14N4O2S/c13-8-1-3-9(4-2-8)18-5-6-19-12-15-10(14)7-11(17)16-12/h1-4,7H,5-6,13H2,(H3,14,15,16,17). The fourth-order valence-electron chi connectivity index (χ4n) is 1.38. The number of benzene rings is 1. The zero-order valence-corrected chi connectivity index (χ0v) is 10.9. The summed E-state index contributed by atoms with van der Waals surface area (Å²) in [6.07, 6.45) is 0. The number of thioether (sulfide) groups is 1. The van der Waals surface area contributed by atoms with Crippen LogP contribution in [-0.2, 0) is 0 Å². The first kappa shape index (κ1) is 13.3. The Balaban J connectivity index is 1.80. The van der Waals surface area contributed by atoms with Gasteiger partial charge in [0, 0.05) is 17.5 Å². The molecule has 0 amide bonds. The van der Waals surface area contributed by atoms with Crippen molar-refractivity contribution in [1.82, 2.24) is 9.97 Å². The number of nitrogens with two attached hydrogens (primary N) is 2. The molecule has 7 heteroatoms. The van der Waals surface area contributed by atoms with E-state index in [9.17, 15) is 4.79 Å². The van der Waals surface area contributed by atoms with Crippen LogP contribution in [0.15, 0.2) is 40.3 Å². The minimum absolute atomic E-state index is 0.214. The van der Waals surface area contributed by atoms with Crippen LogP contribution in [0.25, 0.3) is 0 Å². The molecule has 1 heterocycles. The SMILES string of the molecule is Nc1ccc(OCCSc2nc(N)cc(=O)[nH]2)cc1. The fraction of sp³-hybridized carbons (Fsp3) is 0.167. The Labute approximate surface area is 114 Å². The molecule has 0 aliphatic heterocycles. The molecule has 0 spiro atoms. The summed E-state index contributed by atoms with van der Waals surface area (Å²) >= 11 is 1.37. The molecule has 1 aromatic carbocycles. The van der Waals surface area contributed by atoms with Crippen molar-refractivity contribution in [2.75, 3.05) is 23.8 Å². The lowest BCUT2D eigenvalue weighted by atomic mass is 10.3. The Morgan fingerprint density at radius 1 is 1.26 bits per heavy atom. The van der Waals surface area contributed by atoms with Gasteiger partial charge in [0.05, 0.1) is 6.61 Å². The number of hydrogen-bond acceptors (Lipinski definition) is 6. The average molecular weight is 278 g/mol. The summed E-state index contributed by atoms with van der Waals surface area (Å²) in [5, 5.41) is 0.492. The van der Waals surface area contributed by atoms with E-state index in [0.29, 0.717) is 23.2 Å². The number of H-pyrrole nitrogens is 1. The zero-order chi connectivity index (χ0) is 13.7. The van der Waals surface area contributed by atoms with Crippen molar-refractivity contribution in [2.24, 2.45) is 0 Å². The van der Waals surface area contributed by atoms with E-state index in [1.54, 1.807) is 24.3 Å². The number of nitrogens with one attached hydrogen (secondary N) is 1. The van der Waals surface area contributed by atoms with E-state index < -0.39 is 0 Å². The largest absolute Gasteiger partial charge is 0.493 e. The van der Waals surface area contributed by atoms with E-state index >= 15 is 0 Å². The fourth-order valence-corrected chi connectivity index (χ4v) is 2.09. The maximum Gasteiger partial charge on any atom is 0.253 e. The lowest BCUT2D eigenvalue weighted by molar-refractivity contribution is 0.344. The molecule has 100 valence electrons. The van der Waals surface area contributed by atoms with Crippen LogP contribution in [-0.4, -0.2) is 22.3 Å². The molecular weight excluding hydrogens is 264 g/mol. The van der Waals surface area contributed by atoms with Gasteiger partial charge in [-0.2, -0.15) is 0 Å². The number of ether oxygens (including phenoxy) is 1. The predicted molar refractivity (Wildman–Crippen MR) is 76.3 cm³/mol. The molecule has 0 radical (unpaired) electrons. The second-order valence-corrected chi connectivity index (χ2v) is 4.82. The summed E-state index contributed by atoms with van der Waals surface area (Å²) in [7, 11) is 0. The van der Waals surface area contributed by atoms with Crippen LogP contribution < -0.4 is 21.8 Å². The van der Waals surface area contributed by atoms with Crippen LogP contribution in [0.5, 0.6) is 5.75 Å². The van der Waals surface area contributed by atoms with Crippen molar-refractivity contribution in [3.8, 4) is 5.75 Å². The molecule has 0 aliphatic carbocycles. The van der Waals surface area contributed by atoms with Crippen LogP contribution >= 0.6 is 11.8 Å². The van der Waals surface area contributed by atoms with Gasteiger partial charge in [-0.3, -0.25) is 4.79 Å². The van der Waals surface area contributed by atoms with Crippen LogP contribution in [0.4, 0.5) is 11.5 Å². The maximum absolute atomic E-state index is 11.2. The number of aromatic amines is 1. The summed E-state index contributed by atoms with van der Waals surface area (Å²) in [6, 6.07) is 8.41. The molecular formula is C12H14N4O2S. The molecule has 0 fully saturated rings. The van der Waals surface area contributed by atoms with E-state index in [4.69, 9.17) is 16.2 Å². The first-order valence-corrected chi connectivity index (χ1v) is 6.60. The van der Waals surface area contributed by atoms with Crippen molar-refractivity contribution in [3.63, 3.8) is 0 Å². The molecule has 0 aliphatic rings. The summed E-state index contributed by atoms with van der Waals surface area (Å²) in [6.45, 7) is 0.493. The molecule has 19 heavy (non-hydrogen) atoms. The predicted octanol–water partition coefficient (Wildman–Crippen LogP) is 1.11. The molecule has 1 aromatic heterocycles. The topological polar surface area (TPSA) is 107 Å². The molecule has 0 bridgehead atoms. The molecule has 0 unspecified atom stereocenters. The van der Waals surface area contributed by atoms with Gasteiger partial charge in [0.25, 0.3) is 5.56 Å². The van der Waals surface area contributed by atoms with Crippen molar-refractivity contribution in [2.45, 2.75) is 5.16 Å². The third kappa shape index (κ3) is 4.22. The molecule has 6 nitrogen and oxygen atoms in total. The molecule has 0 atom stereocenters. The van der Waals surface area contributed by atoms with Gasteiger partial charge in [-0.15, -0.1) is 0 Å². The van der Waals surface area contributed by atoms with Gasteiger partial charge in [-0.05, 0) is 24.3 Å². The third-order valence-corrected chi connectivity index (χ3v) is 3.05. The number of hydrogen-bond donors (Lipinski definition) is 3. The van der Waals surface area contributed by atoms with E-state index in [-0.39, 0.29) is 11.4 Å². The average Bonchev–Trinajstić information content (AvgIpc) is 2.36. The van der Waals surface area contributed by atoms with Gasteiger partial charge in [-0.25, -0.2) is 4.98 Å². The molecule has 0 saturated carbocycles. The van der Waals surface area contributed by atoms with Crippen LogP contribution in [0.1, 0.15) is 0 Å². The smallest absolute Gasteiger partial charge is 0.253 e. The first-order valence-electron chi connectivity index (χ1n) is 5.61. The van der Waals surface area contributed by atoms with Gasteiger partial charge in [0.2, 0.25) is 0 Å². The van der Waals surface area contributed by atoms with E-state index in [1.165, 1.54) is 17.8 Å². The van der Waals surface area contributed by atoms with Crippen LogP contribution in [0, 0.1) is 0 Å². The number of aromatic nitrogens is 2. The quantitative estimate of drug-likeness (QED) is 0.327. The van der Waals surface area contributed by atoms with Gasteiger partial charge in [0.15, 0.2) is 5.16 Å². The number of rotatable bonds is 5. The minimum Gasteiger partial charge on any atom is -0.493 e. The summed E-state index contributed by atoms with van der Waals surface area (Å²) in [5.74, 6) is 1.62. The highest BCUT2D eigenvalue weighted by molar-refractivity contribution is 7.99. The third-order valence-electron chi connectivity index (χ3n) is 2.21. The Bertz CT molecular complexity index is 597. The Kier molecular flexibility index (Phi) is 4.30. The molecule has 2 aromatic rings. The van der Waals surface area contributed by atoms with Crippen LogP contribution in [0.3, 0.4) is 0 Å². The normalized spacial score (nSPS) is 10.3. The Morgan fingerprint density at radius 3 is 2.68 bits per heavy atom. The van der Waals surface area contributed by atoms with Crippen LogP contribution in [0.2, 0.25) is 0 Å². The monoisotopic (exact) mass is 278 g/mol. The maximum atomic E-state index is 11.2. The molecule has 0 saturated heterocycles. The highest BCUT2D eigenvalue weighted by Gasteiger charge is 2.00. The zero-order valence-electron chi connectivity index (χ0n) is 10.1. The first-order chi connectivity index (χ1) is 9.13. The highest BCUT2D eigenvalue weighted by Crippen LogP contribution is 2.15. The van der Waals surface area contributed by atoms with Crippen molar-refractivity contribution in [3.05, 3.63) is 40.7 Å².